The maximum absolute atomic E-state index is 12.8. The lowest BCUT2D eigenvalue weighted by atomic mass is 9.53. The number of nitrogens with one attached hydrogen (secondary N) is 1. The van der Waals surface area contributed by atoms with Gasteiger partial charge in [-0.1, -0.05) is 24.3 Å². The molecule has 2 bridgehead atoms. The summed E-state index contributed by atoms with van der Waals surface area (Å²) in [6, 6.07) is 12.7. The summed E-state index contributed by atoms with van der Waals surface area (Å²) in [7, 11) is 0. The molecule has 0 saturated carbocycles. The van der Waals surface area contributed by atoms with Crippen LogP contribution in [0.5, 0.6) is 0 Å². The Hall–Kier alpha value is -3.11. The molecule has 3 atom stereocenters. The molecule has 1 aliphatic carbocycles. The van der Waals surface area contributed by atoms with Gasteiger partial charge in [0.1, 0.15) is 11.7 Å². The van der Waals surface area contributed by atoms with E-state index in [-0.39, 0.29) is 23.3 Å². The first-order valence-electron chi connectivity index (χ1n) is 9.24. The number of carbonyl (C=O) groups excluding carboxylic acids is 1. The van der Waals surface area contributed by atoms with Crippen LogP contribution >= 0.6 is 0 Å². The van der Waals surface area contributed by atoms with E-state index in [1.54, 1.807) is 18.6 Å². The van der Waals surface area contributed by atoms with Gasteiger partial charge in [0.15, 0.2) is 0 Å². The molecule has 2 aromatic heterocycles. The molecule has 5 heterocycles. The summed E-state index contributed by atoms with van der Waals surface area (Å²) in [6.45, 7) is 0. The highest BCUT2D eigenvalue weighted by Crippen LogP contribution is 2.59. The third-order valence-corrected chi connectivity index (χ3v) is 6.53. The summed E-state index contributed by atoms with van der Waals surface area (Å²) in [5.41, 5.74) is 5.68. The van der Waals surface area contributed by atoms with Crippen LogP contribution in [0.3, 0.4) is 0 Å². The van der Waals surface area contributed by atoms with Crippen molar-refractivity contribution >= 4 is 5.91 Å². The van der Waals surface area contributed by atoms with Crippen molar-refractivity contribution in [1.29, 1.82) is 0 Å². The van der Waals surface area contributed by atoms with E-state index in [2.05, 4.69) is 42.5 Å². The van der Waals surface area contributed by atoms with E-state index in [9.17, 15) is 4.79 Å². The summed E-state index contributed by atoms with van der Waals surface area (Å²) in [5, 5.41) is 0. The number of hydrogen-bond donors (Lipinski definition) is 1. The summed E-state index contributed by atoms with van der Waals surface area (Å²) in [6.07, 6.45) is 13.7. The average molecular weight is 356 g/mol. The van der Waals surface area contributed by atoms with Crippen LogP contribution in [0.4, 0.5) is 0 Å². The number of piperidine rings is 1. The van der Waals surface area contributed by atoms with Crippen molar-refractivity contribution < 1.29 is 18.5 Å². The van der Waals surface area contributed by atoms with Gasteiger partial charge in [0.05, 0.1) is 31.0 Å². The predicted molar refractivity (Wildman–Crippen MR) is 97.9 cm³/mol. The lowest BCUT2D eigenvalue weighted by Gasteiger charge is -2.54. The van der Waals surface area contributed by atoms with E-state index < -0.39 is 0 Å². The molecule has 1 N–H and O–H groups in total. The van der Waals surface area contributed by atoms with Crippen molar-refractivity contribution in [2.24, 2.45) is 0 Å². The lowest BCUT2D eigenvalue weighted by molar-refractivity contribution is -0.826. The maximum atomic E-state index is 12.8. The summed E-state index contributed by atoms with van der Waals surface area (Å²) in [4.78, 5) is 13.8. The van der Waals surface area contributed by atoms with Gasteiger partial charge >= 0.3 is 5.91 Å². The van der Waals surface area contributed by atoms with Crippen molar-refractivity contribution in [1.82, 2.24) is 0 Å². The van der Waals surface area contributed by atoms with Crippen molar-refractivity contribution in [3.63, 3.8) is 0 Å². The zero-order valence-electron chi connectivity index (χ0n) is 14.6. The molecule has 7 rings (SSSR count). The van der Waals surface area contributed by atoms with Crippen molar-refractivity contribution in [3.8, 4) is 0 Å². The molecule has 0 radical (unpaired) electrons. The molecule has 3 aromatic rings. The summed E-state index contributed by atoms with van der Waals surface area (Å²) in [5.74, 6) is 0.197. The van der Waals surface area contributed by atoms with Gasteiger partial charge in [0.25, 0.3) is 0 Å². The number of carbonyl (C=O) groups is 1. The molecule has 1 fully saturated rings. The van der Waals surface area contributed by atoms with E-state index in [1.807, 2.05) is 18.6 Å². The Morgan fingerprint density at radius 2 is 1.67 bits per heavy atom. The summed E-state index contributed by atoms with van der Waals surface area (Å²) >= 11 is 0. The fourth-order valence-corrected chi connectivity index (χ4v) is 5.55. The first-order valence-corrected chi connectivity index (χ1v) is 9.24. The second-order valence-electron chi connectivity index (χ2n) is 7.57. The minimum Gasteiger partial charge on any atom is -0.472 e. The van der Waals surface area contributed by atoms with Gasteiger partial charge in [-0.25, -0.2) is 9.69 Å². The van der Waals surface area contributed by atoms with Crippen LogP contribution in [-0.2, 0) is 10.2 Å². The highest BCUT2D eigenvalue weighted by Gasteiger charge is 2.62. The molecule has 1 amide bonds. The zero-order valence-corrected chi connectivity index (χ0v) is 14.6. The van der Waals surface area contributed by atoms with Gasteiger partial charge in [0.2, 0.25) is 0 Å². The van der Waals surface area contributed by atoms with E-state index in [0.29, 0.717) is 0 Å². The standard InChI is InChI=1S/C23H17NO3/c25-21-7-3-6-19-22-18-5-2-1-4-17(18)20(24(19)21)12-23(22,15-8-10-26-13-15)16-9-11-27-14-16/h1-11,13-14,20,22H,12H2/p+1/t20-,22+/m0/s1. The fourth-order valence-electron chi connectivity index (χ4n) is 5.55. The molecule has 27 heavy (non-hydrogen) atoms. The molecule has 4 aliphatic rings. The van der Waals surface area contributed by atoms with Crippen LogP contribution in [-0.4, -0.2) is 5.91 Å². The monoisotopic (exact) mass is 356 g/mol. The number of rotatable bonds is 2. The number of amides is 1. The van der Waals surface area contributed by atoms with E-state index in [4.69, 9.17) is 8.83 Å². The van der Waals surface area contributed by atoms with Gasteiger partial charge in [-0.2, -0.15) is 0 Å². The van der Waals surface area contributed by atoms with Gasteiger partial charge in [-0.3, -0.25) is 0 Å². The molecular weight excluding hydrogens is 338 g/mol. The quantitative estimate of drug-likeness (QED) is 0.767. The molecule has 4 heteroatoms. The van der Waals surface area contributed by atoms with Crippen LogP contribution in [0.25, 0.3) is 0 Å². The minimum atomic E-state index is -0.306. The molecule has 4 nitrogen and oxygen atoms in total. The van der Waals surface area contributed by atoms with E-state index in [1.165, 1.54) is 11.1 Å². The molecule has 1 aromatic carbocycles. The first kappa shape index (κ1) is 15.0. The predicted octanol–water partition coefficient (Wildman–Crippen LogP) is 3.27. The van der Waals surface area contributed by atoms with Crippen LogP contribution in [0, 0.1) is 0 Å². The Morgan fingerprint density at radius 3 is 2.33 bits per heavy atom. The van der Waals surface area contributed by atoms with Crippen molar-refractivity contribution in [3.05, 3.63) is 108 Å². The number of allylic oxidation sites excluding steroid dienone is 3. The molecular formula is C23H18NO3+. The fraction of sp³-hybridized carbons (Fsp3) is 0.174. The first-order chi connectivity index (χ1) is 13.3. The Kier molecular flexibility index (Phi) is 2.89. The smallest absolute Gasteiger partial charge is 0.342 e. The highest BCUT2D eigenvalue weighted by atomic mass is 16.3. The number of hydrogen-bond acceptors (Lipinski definition) is 3. The number of benzene rings is 1. The highest BCUT2D eigenvalue weighted by molar-refractivity contribution is 5.83. The second kappa shape index (κ2) is 5.21. The van der Waals surface area contributed by atoms with Crippen molar-refractivity contribution in [2.75, 3.05) is 0 Å². The van der Waals surface area contributed by atoms with Gasteiger partial charge in [-0.15, -0.1) is 0 Å². The van der Waals surface area contributed by atoms with Crippen LogP contribution < -0.4 is 4.90 Å². The minimum absolute atomic E-state index is 0.0535. The molecule has 0 spiro atoms. The van der Waals surface area contributed by atoms with Gasteiger partial charge in [-0.05, 0) is 29.8 Å². The van der Waals surface area contributed by atoms with Crippen LogP contribution in [0.15, 0.2) is 94.2 Å². The number of quaternary nitrogens is 1. The number of furan rings is 2. The Labute approximate surface area is 156 Å². The topological polar surface area (TPSA) is 47.8 Å². The Balaban J connectivity index is 1.70. The normalized spacial score (nSPS) is 27.2. The molecule has 3 aliphatic heterocycles. The van der Waals surface area contributed by atoms with Gasteiger partial charge < -0.3 is 8.83 Å². The van der Waals surface area contributed by atoms with E-state index >= 15 is 0 Å². The van der Waals surface area contributed by atoms with Crippen molar-refractivity contribution in [2.45, 2.75) is 23.8 Å². The molecule has 1 unspecified atom stereocenters. The lowest BCUT2D eigenvalue weighted by Crippen LogP contribution is -3.16. The largest absolute Gasteiger partial charge is 0.472 e. The zero-order chi connectivity index (χ0) is 18.0. The SMILES string of the molecule is O=C1C=CC=C2[C@H]3c4ccccc4[C@H](CC3(c3ccoc3)c3ccoc3)[NH+]12. The van der Waals surface area contributed by atoms with Crippen LogP contribution in [0.1, 0.15) is 40.6 Å². The van der Waals surface area contributed by atoms with Gasteiger partial charge in [0, 0.05) is 34.6 Å². The molecule has 132 valence electrons. The summed E-state index contributed by atoms with van der Waals surface area (Å²) < 4.78 is 11.0. The Morgan fingerprint density at radius 1 is 0.963 bits per heavy atom. The molecule has 1 saturated heterocycles. The van der Waals surface area contributed by atoms with E-state index in [0.717, 1.165) is 28.1 Å². The van der Waals surface area contributed by atoms with Crippen LogP contribution in [0.2, 0.25) is 0 Å². The Bertz CT molecular complexity index is 1050. The second-order valence-corrected chi connectivity index (χ2v) is 7.57. The number of fused-ring (bicyclic) bond motifs is 1. The third kappa shape index (κ3) is 1.78. The maximum Gasteiger partial charge on any atom is 0.342 e. The third-order valence-electron chi connectivity index (χ3n) is 6.53. The average Bonchev–Trinajstić information content (AvgIpc) is 3.42.